The Hall–Kier alpha value is -2.61. The summed E-state index contributed by atoms with van der Waals surface area (Å²) in [6.07, 6.45) is 2.94. The van der Waals surface area contributed by atoms with Gasteiger partial charge in [-0.3, -0.25) is 9.59 Å². The van der Waals surface area contributed by atoms with Gasteiger partial charge < -0.3 is 15.0 Å². The fourth-order valence-corrected chi connectivity index (χ4v) is 5.66. The van der Waals surface area contributed by atoms with Gasteiger partial charge >= 0.3 is 0 Å². The van der Waals surface area contributed by atoms with E-state index in [2.05, 4.69) is 36.3 Å². The summed E-state index contributed by atoms with van der Waals surface area (Å²) in [6.45, 7) is 9.52. The van der Waals surface area contributed by atoms with Crippen LogP contribution in [0.3, 0.4) is 0 Å². The number of hydrogen-bond donors (Lipinski definition) is 1. The smallest absolute Gasteiger partial charge is 0.250 e. The number of ether oxygens (including phenoxy) is 1. The lowest BCUT2D eigenvalue weighted by molar-refractivity contribution is -0.158. The Morgan fingerprint density at radius 2 is 2.00 bits per heavy atom. The van der Waals surface area contributed by atoms with Crippen LogP contribution in [0.4, 0.5) is 4.39 Å². The topological polar surface area (TPSA) is 83.4 Å². The SMILES string of the molecule is C/N=N\C(=C/C(C)[C@@H]1CCC(C)(C(=O)N2CCOC(C(=O)NC)C2)C1(C)C)c1ccccc1F. The molecule has 1 heterocycles. The second-order valence-electron chi connectivity index (χ2n) is 10.1. The first kappa shape index (κ1) is 26.0. The van der Waals surface area contributed by atoms with Crippen LogP contribution in [0.2, 0.25) is 0 Å². The zero-order valence-electron chi connectivity index (χ0n) is 21.1. The fourth-order valence-electron chi connectivity index (χ4n) is 5.66. The molecule has 7 nitrogen and oxygen atoms in total. The Bertz CT molecular complexity index is 977. The van der Waals surface area contributed by atoms with Gasteiger partial charge in [-0.2, -0.15) is 10.2 Å². The van der Waals surface area contributed by atoms with Crippen molar-refractivity contribution in [1.82, 2.24) is 10.2 Å². The molecule has 1 N–H and O–H groups in total. The number of azo groups is 1. The number of likely N-dealkylation sites (N-methyl/N-ethyl adjacent to an activating group) is 1. The number of allylic oxidation sites excluding steroid dienone is 1. The van der Waals surface area contributed by atoms with E-state index in [1.54, 1.807) is 37.2 Å². The molecule has 0 spiro atoms. The quantitative estimate of drug-likeness (QED) is 0.627. The van der Waals surface area contributed by atoms with Gasteiger partial charge in [0.15, 0.2) is 6.10 Å². The predicted octanol–water partition coefficient (Wildman–Crippen LogP) is 4.30. The summed E-state index contributed by atoms with van der Waals surface area (Å²) in [5, 5.41) is 10.7. The monoisotopic (exact) mass is 472 g/mol. The summed E-state index contributed by atoms with van der Waals surface area (Å²) in [5.74, 6) is -0.247. The Kier molecular flexibility index (Phi) is 7.91. The first-order chi connectivity index (χ1) is 16.1. The molecule has 1 aliphatic carbocycles. The van der Waals surface area contributed by atoms with Gasteiger partial charge in [-0.05, 0) is 42.2 Å². The fraction of sp³-hybridized carbons (Fsp3) is 0.615. The van der Waals surface area contributed by atoms with Gasteiger partial charge in [0, 0.05) is 26.2 Å². The third kappa shape index (κ3) is 4.78. The summed E-state index contributed by atoms with van der Waals surface area (Å²) >= 11 is 0. The predicted molar refractivity (Wildman–Crippen MR) is 129 cm³/mol. The van der Waals surface area contributed by atoms with Crippen LogP contribution >= 0.6 is 0 Å². The maximum Gasteiger partial charge on any atom is 0.250 e. The van der Waals surface area contributed by atoms with Crippen LogP contribution in [0.1, 0.15) is 46.1 Å². The van der Waals surface area contributed by atoms with E-state index in [1.807, 2.05) is 13.0 Å². The number of rotatable bonds is 6. The molecule has 0 aromatic heterocycles. The number of amides is 2. The minimum absolute atomic E-state index is 0.0491. The number of hydrogen-bond acceptors (Lipinski definition) is 5. The number of carbonyl (C=O) groups is 2. The average Bonchev–Trinajstić information content (AvgIpc) is 3.07. The average molecular weight is 473 g/mol. The number of nitrogens with one attached hydrogen (secondary N) is 1. The third-order valence-electron chi connectivity index (χ3n) is 8.08. The highest BCUT2D eigenvalue weighted by atomic mass is 19.1. The molecule has 2 aliphatic rings. The van der Waals surface area contributed by atoms with Crippen molar-refractivity contribution in [1.29, 1.82) is 0 Å². The van der Waals surface area contributed by atoms with Gasteiger partial charge in [0.2, 0.25) is 5.91 Å². The number of halogens is 1. The lowest BCUT2D eigenvalue weighted by atomic mass is 9.62. The second-order valence-corrected chi connectivity index (χ2v) is 10.1. The Labute approximate surface area is 201 Å². The van der Waals surface area contributed by atoms with Crippen molar-refractivity contribution >= 4 is 17.5 Å². The molecule has 186 valence electrons. The Morgan fingerprint density at radius 3 is 2.65 bits per heavy atom. The largest absolute Gasteiger partial charge is 0.365 e. The zero-order valence-corrected chi connectivity index (χ0v) is 21.1. The Balaban J connectivity index is 1.84. The lowest BCUT2D eigenvalue weighted by Gasteiger charge is -2.45. The molecule has 8 heteroatoms. The second kappa shape index (κ2) is 10.3. The lowest BCUT2D eigenvalue weighted by Crippen LogP contribution is -2.56. The van der Waals surface area contributed by atoms with Crippen LogP contribution in [0.25, 0.3) is 5.70 Å². The molecule has 1 saturated carbocycles. The number of carbonyl (C=O) groups excluding carboxylic acids is 2. The first-order valence-corrected chi connectivity index (χ1v) is 12.0. The van der Waals surface area contributed by atoms with Crippen LogP contribution in [0.15, 0.2) is 40.6 Å². The highest BCUT2D eigenvalue weighted by Gasteiger charge is 2.58. The molecule has 4 atom stereocenters. The minimum atomic E-state index is -0.642. The molecule has 2 amide bonds. The van der Waals surface area contributed by atoms with Crippen LogP contribution in [0, 0.1) is 28.5 Å². The molecular weight excluding hydrogens is 435 g/mol. The normalized spacial score (nSPS) is 28.2. The summed E-state index contributed by atoms with van der Waals surface area (Å²) in [7, 11) is 3.14. The Morgan fingerprint density at radius 1 is 1.29 bits per heavy atom. The van der Waals surface area contributed by atoms with E-state index in [4.69, 9.17) is 4.74 Å². The maximum atomic E-state index is 14.5. The third-order valence-corrected chi connectivity index (χ3v) is 8.08. The summed E-state index contributed by atoms with van der Waals surface area (Å²) in [4.78, 5) is 27.7. The number of nitrogens with zero attached hydrogens (tertiary/aromatic N) is 3. The molecular formula is C26H37FN4O3. The number of benzene rings is 1. The van der Waals surface area contributed by atoms with Gasteiger partial charge in [0.1, 0.15) is 5.82 Å². The standard InChI is InChI=1S/C26H37FN4O3/c1-17(15-21(30-29-6)18-9-7-8-10-20(18)27)19-11-12-26(4,25(19,2)3)24(33)31-13-14-34-22(16-31)23(32)28-5/h7-10,15,17,19,22H,11-14,16H2,1-6H3,(H,28,32)/b21-15-,30-29-/t17?,19-,22?,26?/m0/s1. The van der Waals surface area contributed by atoms with Crippen molar-refractivity contribution in [3.8, 4) is 0 Å². The minimum Gasteiger partial charge on any atom is -0.365 e. The van der Waals surface area contributed by atoms with E-state index in [9.17, 15) is 14.0 Å². The molecule has 34 heavy (non-hydrogen) atoms. The molecule has 0 radical (unpaired) electrons. The van der Waals surface area contributed by atoms with E-state index in [1.165, 1.54) is 6.07 Å². The molecule has 3 unspecified atom stereocenters. The molecule has 1 aromatic rings. The van der Waals surface area contributed by atoms with Gasteiger partial charge in [0.05, 0.1) is 24.3 Å². The summed E-state index contributed by atoms with van der Waals surface area (Å²) < 4.78 is 20.0. The van der Waals surface area contributed by atoms with Crippen molar-refractivity contribution in [2.75, 3.05) is 33.8 Å². The van der Waals surface area contributed by atoms with Crippen molar-refractivity contribution in [2.24, 2.45) is 32.9 Å². The molecule has 3 rings (SSSR count). The molecule has 2 fully saturated rings. The molecule has 1 aromatic carbocycles. The molecule has 0 bridgehead atoms. The van der Waals surface area contributed by atoms with Gasteiger partial charge in [-0.1, -0.05) is 45.9 Å². The highest BCUT2D eigenvalue weighted by Crippen LogP contribution is 2.59. The summed E-state index contributed by atoms with van der Waals surface area (Å²) in [5.41, 5.74) is 0.00725. The van der Waals surface area contributed by atoms with E-state index < -0.39 is 11.5 Å². The van der Waals surface area contributed by atoms with E-state index in [-0.39, 0.29) is 41.4 Å². The van der Waals surface area contributed by atoms with Crippen LogP contribution in [-0.2, 0) is 14.3 Å². The zero-order chi connectivity index (χ0) is 25.1. The molecule has 1 saturated heterocycles. The van der Waals surface area contributed by atoms with Gasteiger partial charge in [0.25, 0.3) is 5.91 Å². The van der Waals surface area contributed by atoms with E-state index >= 15 is 0 Å². The van der Waals surface area contributed by atoms with Crippen molar-refractivity contribution in [3.63, 3.8) is 0 Å². The van der Waals surface area contributed by atoms with Gasteiger partial charge in [-0.25, -0.2) is 4.39 Å². The van der Waals surface area contributed by atoms with Crippen molar-refractivity contribution in [2.45, 2.75) is 46.6 Å². The van der Waals surface area contributed by atoms with E-state index in [0.717, 1.165) is 12.8 Å². The maximum absolute atomic E-state index is 14.5. The van der Waals surface area contributed by atoms with Crippen LogP contribution in [0.5, 0.6) is 0 Å². The van der Waals surface area contributed by atoms with Crippen molar-refractivity contribution < 1.29 is 18.7 Å². The number of morpholine rings is 1. The van der Waals surface area contributed by atoms with Gasteiger partial charge in [-0.15, -0.1) is 0 Å². The molecule has 1 aliphatic heterocycles. The van der Waals surface area contributed by atoms with Crippen molar-refractivity contribution in [3.05, 3.63) is 41.7 Å². The van der Waals surface area contributed by atoms with Crippen LogP contribution < -0.4 is 5.32 Å². The van der Waals surface area contributed by atoms with Crippen LogP contribution in [-0.4, -0.2) is 56.6 Å². The van der Waals surface area contributed by atoms with E-state index in [0.29, 0.717) is 24.4 Å². The first-order valence-electron chi connectivity index (χ1n) is 12.0. The highest BCUT2D eigenvalue weighted by molar-refractivity contribution is 5.86. The summed E-state index contributed by atoms with van der Waals surface area (Å²) in [6, 6.07) is 6.56.